The van der Waals surface area contributed by atoms with Crippen LogP contribution in [-0.2, 0) is 11.3 Å². The van der Waals surface area contributed by atoms with Gasteiger partial charge in [-0.3, -0.25) is 9.59 Å². The van der Waals surface area contributed by atoms with Crippen molar-refractivity contribution < 1.29 is 14.7 Å². The smallest absolute Gasteiger partial charge is 0.304 e. The van der Waals surface area contributed by atoms with Crippen molar-refractivity contribution >= 4 is 11.9 Å². The van der Waals surface area contributed by atoms with Crippen LogP contribution in [0, 0.1) is 6.92 Å². The van der Waals surface area contributed by atoms with Crippen LogP contribution in [0.4, 0.5) is 0 Å². The van der Waals surface area contributed by atoms with Crippen LogP contribution in [0.1, 0.15) is 27.9 Å². The number of carboxylic acids is 1. The Kier molecular flexibility index (Phi) is 4.85. The van der Waals surface area contributed by atoms with Crippen LogP contribution in [0.3, 0.4) is 0 Å². The normalized spacial score (nSPS) is 10.6. The van der Waals surface area contributed by atoms with E-state index in [1.54, 1.807) is 12.1 Å². The molecule has 18 heavy (non-hydrogen) atoms. The van der Waals surface area contributed by atoms with Gasteiger partial charge in [0.15, 0.2) is 0 Å². The molecule has 0 saturated carbocycles. The number of aryl methyl sites for hydroxylation is 1. The fourth-order valence-corrected chi connectivity index (χ4v) is 1.68. The van der Waals surface area contributed by atoms with Crippen LogP contribution >= 0.6 is 0 Å². The predicted octanol–water partition coefficient (Wildman–Crippen LogP) is 1.00. The standard InChI is InChI=1S/C13H18N2O3/c1-9-7-10(13(14)18)3-4-11(9)8-15(2)6-5-12(16)17/h3-4,7H,5-6,8H2,1-2H3,(H2,14,18)(H,16,17). The quantitative estimate of drug-likeness (QED) is 0.789. The fraction of sp³-hybridized carbons (Fsp3) is 0.385. The number of aliphatic carboxylic acids is 1. The van der Waals surface area contributed by atoms with Crippen molar-refractivity contribution in [2.75, 3.05) is 13.6 Å². The maximum Gasteiger partial charge on any atom is 0.304 e. The zero-order chi connectivity index (χ0) is 13.7. The molecule has 1 aromatic rings. The van der Waals surface area contributed by atoms with E-state index in [-0.39, 0.29) is 6.42 Å². The highest BCUT2D eigenvalue weighted by Crippen LogP contribution is 2.13. The van der Waals surface area contributed by atoms with Crippen LogP contribution in [-0.4, -0.2) is 35.5 Å². The van der Waals surface area contributed by atoms with Crippen LogP contribution < -0.4 is 5.73 Å². The van der Waals surface area contributed by atoms with Crippen molar-refractivity contribution in [2.24, 2.45) is 5.73 Å². The zero-order valence-corrected chi connectivity index (χ0v) is 10.6. The molecule has 3 N–H and O–H groups in total. The first-order valence-corrected chi connectivity index (χ1v) is 5.70. The average Bonchev–Trinajstić information content (AvgIpc) is 2.29. The van der Waals surface area contributed by atoms with Gasteiger partial charge < -0.3 is 15.7 Å². The van der Waals surface area contributed by atoms with Crippen molar-refractivity contribution in [1.82, 2.24) is 4.90 Å². The minimum atomic E-state index is -0.803. The Labute approximate surface area is 106 Å². The highest BCUT2D eigenvalue weighted by atomic mass is 16.4. The highest BCUT2D eigenvalue weighted by Gasteiger charge is 2.07. The Morgan fingerprint density at radius 2 is 2.06 bits per heavy atom. The van der Waals surface area contributed by atoms with E-state index >= 15 is 0 Å². The van der Waals surface area contributed by atoms with E-state index in [9.17, 15) is 9.59 Å². The SMILES string of the molecule is Cc1cc(C(N)=O)ccc1CN(C)CCC(=O)O. The number of nitrogens with two attached hydrogens (primary N) is 1. The second-order valence-electron chi connectivity index (χ2n) is 4.39. The number of amides is 1. The molecule has 0 atom stereocenters. The molecule has 0 bridgehead atoms. The monoisotopic (exact) mass is 250 g/mol. The Morgan fingerprint density at radius 1 is 1.39 bits per heavy atom. The summed E-state index contributed by atoms with van der Waals surface area (Å²) in [5.41, 5.74) is 7.73. The molecule has 0 aliphatic rings. The van der Waals surface area contributed by atoms with Gasteiger partial charge in [0.1, 0.15) is 0 Å². The van der Waals surface area contributed by atoms with Gasteiger partial charge in [0.05, 0.1) is 6.42 Å². The minimum Gasteiger partial charge on any atom is -0.481 e. The number of carboxylic acid groups (broad SMARTS) is 1. The molecule has 1 amide bonds. The molecule has 0 aliphatic carbocycles. The summed E-state index contributed by atoms with van der Waals surface area (Å²) in [7, 11) is 1.87. The molecule has 0 fully saturated rings. The van der Waals surface area contributed by atoms with Gasteiger partial charge in [0, 0.05) is 18.7 Å². The summed E-state index contributed by atoms with van der Waals surface area (Å²) in [4.78, 5) is 23.4. The lowest BCUT2D eigenvalue weighted by Gasteiger charge is -2.17. The molecule has 1 rings (SSSR count). The number of rotatable bonds is 6. The third-order valence-corrected chi connectivity index (χ3v) is 2.77. The van der Waals surface area contributed by atoms with Gasteiger partial charge in [-0.25, -0.2) is 0 Å². The van der Waals surface area contributed by atoms with Gasteiger partial charge in [0.2, 0.25) is 5.91 Å². The number of carbonyl (C=O) groups excluding carboxylic acids is 1. The Morgan fingerprint density at radius 3 is 2.56 bits per heavy atom. The lowest BCUT2D eigenvalue weighted by Crippen LogP contribution is -2.22. The average molecular weight is 250 g/mol. The third-order valence-electron chi connectivity index (χ3n) is 2.77. The number of benzene rings is 1. The number of nitrogens with zero attached hydrogens (tertiary/aromatic N) is 1. The van der Waals surface area contributed by atoms with E-state index < -0.39 is 11.9 Å². The molecule has 1 aromatic carbocycles. The van der Waals surface area contributed by atoms with Crippen LogP contribution in [0.5, 0.6) is 0 Å². The second-order valence-corrected chi connectivity index (χ2v) is 4.39. The Balaban J connectivity index is 2.67. The van der Waals surface area contributed by atoms with Gasteiger partial charge in [-0.2, -0.15) is 0 Å². The summed E-state index contributed by atoms with van der Waals surface area (Å²) in [5, 5.41) is 8.60. The summed E-state index contributed by atoms with van der Waals surface area (Å²) in [6.07, 6.45) is 0.120. The van der Waals surface area contributed by atoms with Gasteiger partial charge >= 0.3 is 5.97 Å². The molecule has 0 spiro atoms. The van der Waals surface area contributed by atoms with E-state index in [0.29, 0.717) is 18.7 Å². The summed E-state index contributed by atoms with van der Waals surface area (Å²) in [5.74, 6) is -1.24. The number of carbonyl (C=O) groups is 2. The fourth-order valence-electron chi connectivity index (χ4n) is 1.68. The van der Waals surface area contributed by atoms with Crippen molar-refractivity contribution in [2.45, 2.75) is 19.9 Å². The van der Waals surface area contributed by atoms with E-state index in [4.69, 9.17) is 10.8 Å². The molecule has 0 heterocycles. The van der Waals surface area contributed by atoms with Crippen molar-refractivity contribution in [3.8, 4) is 0 Å². The molecular weight excluding hydrogens is 232 g/mol. The summed E-state index contributed by atoms with van der Waals surface area (Å²) in [6, 6.07) is 5.30. The van der Waals surface area contributed by atoms with Crippen LogP contribution in [0.25, 0.3) is 0 Å². The van der Waals surface area contributed by atoms with Crippen molar-refractivity contribution in [3.05, 3.63) is 34.9 Å². The van der Waals surface area contributed by atoms with E-state index in [0.717, 1.165) is 11.1 Å². The first kappa shape index (κ1) is 14.2. The van der Waals surface area contributed by atoms with Gasteiger partial charge in [-0.05, 0) is 37.2 Å². The molecule has 0 radical (unpaired) electrons. The maximum absolute atomic E-state index is 11.0. The molecule has 0 saturated heterocycles. The Hall–Kier alpha value is -1.88. The van der Waals surface area contributed by atoms with E-state index in [2.05, 4.69) is 0 Å². The first-order valence-electron chi connectivity index (χ1n) is 5.70. The summed E-state index contributed by atoms with van der Waals surface area (Å²) >= 11 is 0. The van der Waals surface area contributed by atoms with Gasteiger partial charge in [-0.15, -0.1) is 0 Å². The molecule has 5 nitrogen and oxygen atoms in total. The lowest BCUT2D eigenvalue weighted by atomic mass is 10.0. The molecule has 0 aromatic heterocycles. The largest absolute Gasteiger partial charge is 0.481 e. The summed E-state index contributed by atoms with van der Waals surface area (Å²) in [6.45, 7) is 3.05. The second kappa shape index (κ2) is 6.16. The van der Waals surface area contributed by atoms with Crippen molar-refractivity contribution in [3.63, 3.8) is 0 Å². The Bertz CT molecular complexity index is 458. The molecule has 0 aliphatic heterocycles. The van der Waals surface area contributed by atoms with E-state index in [1.807, 2.05) is 24.9 Å². The number of hydrogen-bond donors (Lipinski definition) is 2. The van der Waals surface area contributed by atoms with Crippen LogP contribution in [0.15, 0.2) is 18.2 Å². The van der Waals surface area contributed by atoms with Gasteiger partial charge in [-0.1, -0.05) is 6.07 Å². The minimum absolute atomic E-state index is 0.120. The molecule has 98 valence electrons. The predicted molar refractivity (Wildman–Crippen MR) is 68.3 cm³/mol. The van der Waals surface area contributed by atoms with Crippen LogP contribution in [0.2, 0.25) is 0 Å². The number of primary amides is 1. The lowest BCUT2D eigenvalue weighted by molar-refractivity contribution is -0.137. The number of hydrogen-bond acceptors (Lipinski definition) is 3. The topological polar surface area (TPSA) is 83.6 Å². The maximum atomic E-state index is 11.0. The zero-order valence-electron chi connectivity index (χ0n) is 10.6. The third kappa shape index (κ3) is 4.18. The highest BCUT2D eigenvalue weighted by molar-refractivity contribution is 5.93. The van der Waals surface area contributed by atoms with Gasteiger partial charge in [0.25, 0.3) is 0 Å². The summed E-state index contributed by atoms with van der Waals surface area (Å²) < 4.78 is 0. The molecule has 5 heteroatoms. The molecule has 0 unspecified atom stereocenters. The first-order chi connectivity index (χ1) is 8.40. The van der Waals surface area contributed by atoms with Crippen molar-refractivity contribution in [1.29, 1.82) is 0 Å². The molecular formula is C13H18N2O3. The van der Waals surface area contributed by atoms with E-state index in [1.165, 1.54) is 0 Å².